The maximum absolute atomic E-state index is 5.48. The molecule has 0 radical (unpaired) electrons. The largest absolute Gasteiger partial charge is 0.497 e. The van der Waals surface area contributed by atoms with Crippen LogP contribution in [0.5, 0.6) is 5.75 Å². The fourth-order valence-electron chi connectivity index (χ4n) is 1.60. The van der Waals surface area contributed by atoms with Crippen molar-refractivity contribution in [3.05, 3.63) is 24.3 Å². The van der Waals surface area contributed by atoms with Crippen LogP contribution in [0.4, 0.5) is 5.69 Å². The highest BCUT2D eigenvalue weighted by Crippen LogP contribution is 2.16. The molecule has 2 N–H and O–H groups in total. The van der Waals surface area contributed by atoms with Crippen LogP contribution in [0.3, 0.4) is 0 Å². The first kappa shape index (κ1) is 16.7. The highest BCUT2D eigenvalue weighted by molar-refractivity contribution is 7.80. The quantitative estimate of drug-likeness (QED) is 0.541. The van der Waals surface area contributed by atoms with Crippen LogP contribution in [0.25, 0.3) is 0 Å². The smallest absolute Gasteiger partial charge is 0.170 e. The number of benzene rings is 1. The Morgan fingerprint density at radius 3 is 2.80 bits per heavy atom. The molecule has 0 aromatic heterocycles. The zero-order valence-corrected chi connectivity index (χ0v) is 13.1. The molecule has 0 aliphatic carbocycles. The van der Waals surface area contributed by atoms with Gasteiger partial charge in [-0.05, 0) is 37.2 Å². The number of anilines is 1. The number of unbranched alkanes of at least 4 members (excludes halogenated alkanes) is 1. The predicted octanol–water partition coefficient (Wildman–Crippen LogP) is 3.19. The Bertz CT molecular complexity index is 399. The summed E-state index contributed by atoms with van der Waals surface area (Å²) in [7, 11) is 1.65. The molecular formula is C15H24N2O2S. The molecule has 0 fully saturated rings. The summed E-state index contributed by atoms with van der Waals surface area (Å²) in [5, 5.41) is 6.90. The van der Waals surface area contributed by atoms with Crippen LogP contribution in [0.15, 0.2) is 24.3 Å². The van der Waals surface area contributed by atoms with Gasteiger partial charge in [0.2, 0.25) is 0 Å². The van der Waals surface area contributed by atoms with Crippen molar-refractivity contribution >= 4 is 23.0 Å². The molecule has 0 heterocycles. The molecular weight excluding hydrogens is 272 g/mol. The van der Waals surface area contributed by atoms with E-state index in [0.29, 0.717) is 5.11 Å². The van der Waals surface area contributed by atoms with E-state index in [2.05, 4.69) is 17.6 Å². The molecule has 0 aliphatic heterocycles. The second-order valence-electron chi connectivity index (χ2n) is 4.43. The third kappa shape index (κ3) is 7.31. The highest BCUT2D eigenvalue weighted by atomic mass is 32.1. The van der Waals surface area contributed by atoms with E-state index in [4.69, 9.17) is 21.7 Å². The van der Waals surface area contributed by atoms with Gasteiger partial charge in [-0.2, -0.15) is 0 Å². The van der Waals surface area contributed by atoms with Gasteiger partial charge in [-0.25, -0.2) is 0 Å². The van der Waals surface area contributed by atoms with Gasteiger partial charge in [-0.15, -0.1) is 0 Å². The number of rotatable bonds is 9. The molecule has 4 nitrogen and oxygen atoms in total. The van der Waals surface area contributed by atoms with Gasteiger partial charge in [-0.3, -0.25) is 0 Å². The summed E-state index contributed by atoms with van der Waals surface area (Å²) in [5.41, 5.74) is 0.918. The monoisotopic (exact) mass is 296 g/mol. The molecule has 0 bridgehead atoms. The lowest BCUT2D eigenvalue weighted by atomic mass is 10.3. The standard InChI is InChI=1S/C15H24N2O2S/c1-3-4-10-19-11-6-9-16-15(20)17-13-7-5-8-14(12-13)18-2/h5,7-8,12H,3-4,6,9-11H2,1-2H3,(H2,16,17,20). The fourth-order valence-corrected chi connectivity index (χ4v) is 1.82. The second-order valence-corrected chi connectivity index (χ2v) is 4.84. The molecule has 1 aromatic rings. The summed E-state index contributed by atoms with van der Waals surface area (Å²) in [4.78, 5) is 0. The summed E-state index contributed by atoms with van der Waals surface area (Å²) < 4.78 is 10.6. The van der Waals surface area contributed by atoms with E-state index in [1.165, 1.54) is 6.42 Å². The molecule has 0 spiro atoms. The molecule has 20 heavy (non-hydrogen) atoms. The lowest BCUT2D eigenvalue weighted by Gasteiger charge is -2.11. The molecule has 0 saturated carbocycles. The summed E-state index contributed by atoms with van der Waals surface area (Å²) >= 11 is 5.23. The predicted molar refractivity (Wildman–Crippen MR) is 87.6 cm³/mol. The van der Waals surface area contributed by atoms with E-state index in [9.17, 15) is 0 Å². The van der Waals surface area contributed by atoms with Gasteiger partial charge < -0.3 is 20.1 Å². The normalized spacial score (nSPS) is 10.1. The Balaban J connectivity index is 2.13. The minimum Gasteiger partial charge on any atom is -0.497 e. The highest BCUT2D eigenvalue weighted by Gasteiger charge is 1.99. The van der Waals surface area contributed by atoms with Crippen LogP contribution in [0.2, 0.25) is 0 Å². The van der Waals surface area contributed by atoms with Crippen LogP contribution in [0, 0.1) is 0 Å². The molecule has 0 unspecified atom stereocenters. The average Bonchev–Trinajstić information content (AvgIpc) is 2.46. The van der Waals surface area contributed by atoms with Gasteiger partial charge in [0.1, 0.15) is 5.75 Å². The topological polar surface area (TPSA) is 42.5 Å². The maximum Gasteiger partial charge on any atom is 0.170 e. The van der Waals surface area contributed by atoms with Crippen LogP contribution in [-0.2, 0) is 4.74 Å². The number of thiocarbonyl (C=S) groups is 1. The van der Waals surface area contributed by atoms with Gasteiger partial charge in [0, 0.05) is 31.5 Å². The van der Waals surface area contributed by atoms with Crippen molar-refractivity contribution in [1.82, 2.24) is 5.32 Å². The molecule has 0 atom stereocenters. The number of ether oxygens (including phenoxy) is 2. The zero-order chi connectivity index (χ0) is 14.6. The maximum atomic E-state index is 5.48. The first-order chi connectivity index (χ1) is 9.76. The molecule has 0 amide bonds. The third-order valence-electron chi connectivity index (χ3n) is 2.72. The summed E-state index contributed by atoms with van der Waals surface area (Å²) in [6, 6.07) is 7.67. The van der Waals surface area contributed by atoms with E-state index in [-0.39, 0.29) is 0 Å². The Hall–Kier alpha value is -1.33. The molecule has 5 heteroatoms. The van der Waals surface area contributed by atoms with Crippen LogP contribution in [0.1, 0.15) is 26.2 Å². The first-order valence-electron chi connectivity index (χ1n) is 7.03. The lowest BCUT2D eigenvalue weighted by molar-refractivity contribution is 0.129. The van der Waals surface area contributed by atoms with E-state index in [1.807, 2.05) is 24.3 Å². The van der Waals surface area contributed by atoms with E-state index in [1.54, 1.807) is 7.11 Å². The lowest BCUT2D eigenvalue weighted by Crippen LogP contribution is -2.29. The summed E-state index contributed by atoms with van der Waals surface area (Å²) in [5.74, 6) is 0.808. The van der Waals surface area contributed by atoms with Crippen LogP contribution in [-0.4, -0.2) is 32.0 Å². The molecule has 112 valence electrons. The fraction of sp³-hybridized carbons (Fsp3) is 0.533. The minimum absolute atomic E-state index is 0.617. The van der Waals surface area contributed by atoms with Crippen molar-refractivity contribution in [2.45, 2.75) is 26.2 Å². The molecule has 1 aromatic carbocycles. The molecule has 1 rings (SSSR count). The van der Waals surface area contributed by atoms with Crippen molar-refractivity contribution < 1.29 is 9.47 Å². The summed E-state index contributed by atoms with van der Waals surface area (Å²) in [6.45, 7) is 4.59. The van der Waals surface area contributed by atoms with Crippen molar-refractivity contribution in [3.8, 4) is 5.75 Å². The van der Waals surface area contributed by atoms with Crippen LogP contribution < -0.4 is 15.4 Å². The van der Waals surface area contributed by atoms with Gasteiger partial charge >= 0.3 is 0 Å². The van der Waals surface area contributed by atoms with E-state index < -0.39 is 0 Å². The van der Waals surface area contributed by atoms with Crippen molar-refractivity contribution in [3.63, 3.8) is 0 Å². The molecule has 0 aliphatic rings. The Labute approximate surface area is 126 Å². The number of hydrogen-bond donors (Lipinski definition) is 2. The van der Waals surface area contributed by atoms with Crippen LogP contribution >= 0.6 is 12.2 Å². The van der Waals surface area contributed by atoms with E-state index in [0.717, 1.165) is 44.0 Å². The first-order valence-corrected chi connectivity index (χ1v) is 7.43. The van der Waals surface area contributed by atoms with Gasteiger partial charge in [-0.1, -0.05) is 19.4 Å². The second kappa shape index (κ2) is 10.5. The third-order valence-corrected chi connectivity index (χ3v) is 2.97. The summed E-state index contributed by atoms with van der Waals surface area (Å²) in [6.07, 6.45) is 3.25. The zero-order valence-electron chi connectivity index (χ0n) is 12.3. The van der Waals surface area contributed by atoms with Gasteiger partial charge in [0.05, 0.1) is 7.11 Å². The van der Waals surface area contributed by atoms with Gasteiger partial charge in [0.25, 0.3) is 0 Å². The SMILES string of the molecule is CCCCOCCCNC(=S)Nc1cccc(OC)c1. The number of nitrogens with one attached hydrogen (secondary N) is 2. The number of methoxy groups -OCH3 is 1. The molecule has 0 saturated heterocycles. The average molecular weight is 296 g/mol. The van der Waals surface area contributed by atoms with Crippen molar-refractivity contribution in [1.29, 1.82) is 0 Å². The Morgan fingerprint density at radius 1 is 1.25 bits per heavy atom. The van der Waals surface area contributed by atoms with Gasteiger partial charge in [0.15, 0.2) is 5.11 Å². The van der Waals surface area contributed by atoms with Crippen molar-refractivity contribution in [2.75, 3.05) is 32.2 Å². The number of hydrogen-bond acceptors (Lipinski definition) is 3. The van der Waals surface area contributed by atoms with E-state index >= 15 is 0 Å². The minimum atomic E-state index is 0.617. The van der Waals surface area contributed by atoms with Crippen molar-refractivity contribution in [2.24, 2.45) is 0 Å². The Kier molecular flexibility index (Phi) is 8.74. The Morgan fingerprint density at radius 2 is 2.05 bits per heavy atom.